The maximum absolute atomic E-state index is 12.1. The number of nitrogens with zero attached hydrogens (tertiary/aromatic N) is 4. The van der Waals surface area contributed by atoms with Crippen LogP contribution >= 0.6 is 0 Å². The zero-order valence-corrected chi connectivity index (χ0v) is 12.7. The quantitative estimate of drug-likeness (QED) is 0.869. The number of likely N-dealkylation sites (N-methyl/N-ethyl adjacent to an activating group) is 1. The van der Waals surface area contributed by atoms with E-state index in [-0.39, 0.29) is 11.1 Å². The molecule has 2 heterocycles. The van der Waals surface area contributed by atoms with Gasteiger partial charge in [0, 0.05) is 13.6 Å². The number of fused-ring (bicyclic) bond motifs is 1. The number of nitrogens with one attached hydrogen (secondary N) is 1. The van der Waals surface area contributed by atoms with Crippen molar-refractivity contribution in [3.63, 3.8) is 0 Å². The molecule has 0 amide bonds. The van der Waals surface area contributed by atoms with E-state index in [9.17, 15) is 4.79 Å². The van der Waals surface area contributed by atoms with Gasteiger partial charge in [0.25, 0.3) is 5.56 Å². The standard InChI is InChI=1S/C14H21N5O/c1-9(2)8-18(6)13-16-11-10(12(20)17-13)7-15-19(11)14(3,4)5/h7H,1,8H2,2-6H3,(H,16,17,20). The second-order valence-corrected chi connectivity index (χ2v) is 6.17. The van der Waals surface area contributed by atoms with Gasteiger partial charge in [-0.3, -0.25) is 9.78 Å². The van der Waals surface area contributed by atoms with Crippen molar-refractivity contribution in [2.45, 2.75) is 33.2 Å². The van der Waals surface area contributed by atoms with Crippen LogP contribution in [0, 0.1) is 0 Å². The van der Waals surface area contributed by atoms with E-state index in [0.717, 1.165) is 5.57 Å². The maximum atomic E-state index is 12.1. The molecule has 0 fully saturated rings. The summed E-state index contributed by atoms with van der Waals surface area (Å²) in [6, 6.07) is 0. The minimum Gasteiger partial charge on any atom is -0.341 e. The Morgan fingerprint density at radius 3 is 2.70 bits per heavy atom. The summed E-state index contributed by atoms with van der Waals surface area (Å²) in [5, 5.41) is 4.79. The molecule has 0 unspecified atom stereocenters. The number of aromatic amines is 1. The topological polar surface area (TPSA) is 66.8 Å². The fourth-order valence-corrected chi connectivity index (χ4v) is 2.06. The van der Waals surface area contributed by atoms with E-state index in [1.165, 1.54) is 0 Å². The van der Waals surface area contributed by atoms with Crippen LogP contribution in [0.25, 0.3) is 11.0 Å². The smallest absolute Gasteiger partial charge is 0.263 e. The summed E-state index contributed by atoms with van der Waals surface area (Å²) in [5.41, 5.74) is 1.20. The molecule has 6 heteroatoms. The van der Waals surface area contributed by atoms with Crippen molar-refractivity contribution in [2.75, 3.05) is 18.5 Å². The molecule has 0 aliphatic rings. The molecule has 0 saturated carbocycles. The fourth-order valence-electron chi connectivity index (χ4n) is 2.06. The molecule has 1 N–H and O–H groups in total. The minimum absolute atomic E-state index is 0.172. The van der Waals surface area contributed by atoms with Gasteiger partial charge in [-0.05, 0) is 27.7 Å². The van der Waals surface area contributed by atoms with Crippen LogP contribution in [0.3, 0.4) is 0 Å². The summed E-state index contributed by atoms with van der Waals surface area (Å²) in [6.45, 7) is 12.5. The van der Waals surface area contributed by atoms with Crippen LogP contribution in [-0.4, -0.2) is 33.3 Å². The van der Waals surface area contributed by atoms with E-state index in [0.29, 0.717) is 23.5 Å². The Bertz CT molecular complexity index is 704. The molecule has 0 bridgehead atoms. The maximum Gasteiger partial charge on any atom is 0.263 e. The Morgan fingerprint density at radius 2 is 2.15 bits per heavy atom. The monoisotopic (exact) mass is 275 g/mol. The molecular weight excluding hydrogens is 254 g/mol. The molecule has 0 aromatic carbocycles. The first kappa shape index (κ1) is 14.3. The predicted octanol–water partition coefficient (Wildman–Crippen LogP) is 1.89. The summed E-state index contributed by atoms with van der Waals surface area (Å²) < 4.78 is 1.77. The van der Waals surface area contributed by atoms with E-state index >= 15 is 0 Å². The van der Waals surface area contributed by atoms with E-state index in [1.807, 2.05) is 39.6 Å². The van der Waals surface area contributed by atoms with E-state index in [2.05, 4.69) is 21.6 Å². The Morgan fingerprint density at radius 1 is 1.50 bits per heavy atom. The number of aromatic nitrogens is 4. The molecule has 2 rings (SSSR count). The average molecular weight is 275 g/mol. The first-order chi connectivity index (χ1) is 9.20. The largest absolute Gasteiger partial charge is 0.341 e. The summed E-state index contributed by atoms with van der Waals surface area (Å²) in [5.74, 6) is 0.525. The molecule has 2 aromatic rings. The van der Waals surface area contributed by atoms with Gasteiger partial charge in [0.05, 0.1) is 11.7 Å². The van der Waals surface area contributed by atoms with Gasteiger partial charge in [-0.15, -0.1) is 0 Å². The minimum atomic E-state index is -0.229. The molecule has 0 radical (unpaired) electrons. The van der Waals surface area contributed by atoms with Gasteiger partial charge in [-0.25, -0.2) is 4.68 Å². The van der Waals surface area contributed by atoms with Gasteiger partial charge in [0.2, 0.25) is 5.95 Å². The molecule has 108 valence electrons. The first-order valence-electron chi connectivity index (χ1n) is 6.54. The Hall–Kier alpha value is -2.11. The highest BCUT2D eigenvalue weighted by molar-refractivity contribution is 5.74. The molecule has 20 heavy (non-hydrogen) atoms. The second-order valence-electron chi connectivity index (χ2n) is 6.17. The summed E-state index contributed by atoms with van der Waals surface area (Å²) >= 11 is 0. The number of hydrogen-bond donors (Lipinski definition) is 1. The van der Waals surface area contributed by atoms with E-state index < -0.39 is 0 Å². The van der Waals surface area contributed by atoms with E-state index in [1.54, 1.807) is 10.9 Å². The van der Waals surface area contributed by atoms with Gasteiger partial charge in [0.15, 0.2) is 5.65 Å². The lowest BCUT2D eigenvalue weighted by Gasteiger charge is -2.21. The fraction of sp³-hybridized carbons (Fsp3) is 0.500. The molecule has 0 aliphatic carbocycles. The summed E-state index contributed by atoms with van der Waals surface area (Å²) in [4.78, 5) is 21.3. The van der Waals surface area contributed by atoms with Crippen molar-refractivity contribution < 1.29 is 0 Å². The zero-order valence-electron chi connectivity index (χ0n) is 12.7. The highest BCUT2D eigenvalue weighted by atomic mass is 16.1. The van der Waals surface area contributed by atoms with Crippen LogP contribution in [0.5, 0.6) is 0 Å². The van der Waals surface area contributed by atoms with Crippen molar-refractivity contribution in [1.82, 2.24) is 19.7 Å². The van der Waals surface area contributed by atoms with Crippen molar-refractivity contribution in [3.05, 3.63) is 28.7 Å². The summed E-state index contributed by atoms with van der Waals surface area (Å²) in [7, 11) is 1.87. The Kier molecular flexibility index (Phi) is 3.41. The third kappa shape index (κ3) is 2.59. The number of anilines is 1. The highest BCUT2D eigenvalue weighted by Gasteiger charge is 2.20. The third-order valence-corrected chi connectivity index (χ3v) is 2.93. The molecule has 6 nitrogen and oxygen atoms in total. The number of rotatable bonds is 3. The predicted molar refractivity (Wildman–Crippen MR) is 81.2 cm³/mol. The molecule has 0 saturated heterocycles. The van der Waals surface area contributed by atoms with Crippen LogP contribution in [-0.2, 0) is 5.54 Å². The number of H-pyrrole nitrogens is 1. The lowest BCUT2D eigenvalue weighted by atomic mass is 10.1. The van der Waals surface area contributed by atoms with Gasteiger partial charge < -0.3 is 4.90 Å². The normalized spacial score (nSPS) is 11.8. The van der Waals surface area contributed by atoms with Crippen LogP contribution in [0.4, 0.5) is 5.95 Å². The van der Waals surface area contributed by atoms with Gasteiger partial charge in [0.1, 0.15) is 5.39 Å². The Balaban J connectivity index is 2.60. The zero-order chi connectivity index (χ0) is 15.1. The van der Waals surface area contributed by atoms with Crippen LogP contribution in [0.1, 0.15) is 27.7 Å². The van der Waals surface area contributed by atoms with Gasteiger partial charge >= 0.3 is 0 Å². The molecule has 0 aliphatic heterocycles. The van der Waals surface area contributed by atoms with Crippen molar-refractivity contribution in [1.29, 1.82) is 0 Å². The van der Waals surface area contributed by atoms with Crippen molar-refractivity contribution in [3.8, 4) is 0 Å². The lowest BCUT2D eigenvalue weighted by molar-refractivity contribution is 0.366. The van der Waals surface area contributed by atoms with Crippen molar-refractivity contribution in [2.24, 2.45) is 0 Å². The molecular formula is C14H21N5O. The second kappa shape index (κ2) is 4.77. The molecule has 0 spiro atoms. The van der Waals surface area contributed by atoms with E-state index in [4.69, 9.17) is 0 Å². The van der Waals surface area contributed by atoms with Crippen LogP contribution in [0.2, 0.25) is 0 Å². The molecule has 0 atom stereocenters. The average Bonchev–Trinajstić information content (AvgIpc) is 2.71. The molecule has 2 aromatic heterocycles. The third-order valence-electron chi connectivity index (χ3n) is 2.93. The van der Waals surface area contributed by atoms with Gasteiger partial charge in [-0.2, -0.15) is 10.1 Å². The SMILES string of the molecule is C=C(C)CN(C)c1nc2c(cnn2C(C)(C)C)c(=O)[nH]1. The van der Waals surface area contributed by atoms with Crippen LogP contribution < -0.4 is 10.5 Å². The first-order valence-corrected chi connectivity index (χ1v) is 6.54. The van der Waals surface area contributed by atoms with Gasteiger partial charge in [-0.1, -0.05) is 12.2 Å². The number of hydrogen-bond acceptors (Lipinski definition) is 4. The van der Waals surface area contributed by atoms with Crippen molar-refractivity contribution >= 4 is 17.0 Å². The summed E-state index contributed by atoms with van der Waals surface area (Å²) in [6.07, 6.45) is 1.56. The lowest BCUT2D eigenvalue weighted by Crippen LogP contribution is -2.27. The highest BCUT2D eigenvalue weighted by Crippen LogP contribution is 2.19. The Labute approximate surface area is 118 Å². The van der Waals surface area contributed by atoms with Crippen LogP contribution in [0.15, 0.2) is 23.1 Å².